The second-order valence-electron chi connectivity index (χ2n) is 4.70. The van der Waals surface area contributed by atoms with Crippen LogP contribution < -0.4 is 5.32 Å². The molecule has 1 rings (SSSR count). The third-order valence-electron chi connectivity index (χ3n) is 2.79. The minimum atomic E-state index is -1.07. The molecule has 1 aromatic carbocycles. The van der Waals surface area contributed by atoms with Crippen molar-refractivity contribution in [3.63, 3.8) is 0 Å². The number of hydrogen-bond donors (Lipinski definition) is 4. The molecule has 0 saturated carbocycles. The van der Waals surface area contributed by atoms with Gasteiger partial charge in [0.1, 0.15) is 6.29 Å². The summed E-state index contributed by atoms with van der Waals surface area (Å²) >= 11 is 0. The van der Waals surface area contributed by atoms with E-state index in [9.17, 15) is 14.7 Å². The number of benzene rings is 1. The minimum Gasteiger partial charge on any atom is -0.481 e. The van der Waals surface area contributed by atoms with Gasteiger partial charge >= 0.3 is 5.97 Å². The molecule has 21 heavy (non-hydrogen) atoms. The number of aldehydes is 1. The van der Waals surface area contributed by atoms with Crippen LogP contribution in [0.15, 0.2) is 36.4 Å². The first-order valence-electron chi connectivity index (χ1n) is 6.50. The monoisotopic (exact) mass is 293 g/mol. The van der Waals surface area contributed by atoms with Crippen LogP contribution in [-0.2, 0) is 4.79 Å². The van der Waals surface area contributed by atoms with Crippen LogP contribution in [-0.4, -0.2) is 45.8 Å². The van der Waals surface area contributed by atoms with E-state index in [1.54, 1.807) is 24.3 Å². The van der Waals surface area contributed by atoms with Crippen LogP contribution in [0.25, 0.3) is 0 Å². The Morgan fingerprint density at radius 1 is 1.24 bits per heavy atom. The van der Waals surface area contributed by atoms with E-state index in [1.165, 1.54) is 19.1 Å². The summed E-state index contributed by atoms with van der Waals surface area (Å²) in [6.07, 6.45) is 1.36. The highest BCUT2D eigenvalue weighted by Gasteiger charge is 2.20. The zero-order valence-corrected chi connectivity index (χ0v) is 11.6. The fourth-order valence-corrected chi connectivity index (χ4v) is 1.73. The van der Waals surface area contributed by atoms with E-state index in [2.05, 4.69) is 5.32 Å². The number of carboxylic acid groups (broad SMARTS) is 1. The predicted molar refractivity (Wildman–Crippen MR) is 78.3 cm³/mol. The number of aliphatic hydroxyl groups is 2. The molecule has 0 amide bonds. The van der Waals surface area contributed by atoms with Crippen molar-refractivity contribution in [3.8, 4) is 0 Å². The fourth-order valence-electron chi connectivity index (χ4n) is 1.73. The Morgan fingerprint density at radius 2 is 1.86 bits per heavy atom. The number of anilines is 1. The van der Waals surface area contributed by atoms with Gasteiger partial charge in [-0.2, -0.15) is 0 Å². The summed E-state index contributed by atoms with van der Waals surface area (Å²) in [4.78, 5) is 21.4. The van der Waals surface area contributed by atoms with E-state index in [1.807, 2.05) is 0 Å². The van der Waals surface area contributed by atoms with E-state index in [4.69, 9.17) is 10.2 Å². The van der Waals surface area contributed by atoms with Gasteiger partial charge in [-0.15, -0.1) is 0 Å². The molecule has 4 N–H and O–H groups in total. The highest BCUT2D eigenvalue weighted by molar-refractivity contribution is 5.75. The van der Waals surface area contributed by atoms with E-state index in [0.29, 0.717) is 17.5 Å². The zero-order valence-electron chi connectivity index (χ0n) is 11.6. The molecule has 0 spiro atoms. The van der Waals surface area contributed by atoms with Crippen LogP contribution >= 0.6 is 0 Å². The number of rotatable bonds is 8. The number of hydrogen-bond acceptors (Lipinski definition) is 5. The fraction of sp³-hybridized carbons (Fsp3) is 0.333. The highest BCUT2D eigenvalue weighted by atomic mass is 16.4. The largest absolute Gasteiger partial charge is 0.481 e. The van der Waals surface area contributed by atoms with Gasteiger partial charge in [0.15, 0.2) is 0 Å². The lowest BCUT2D eigenvalue weighted by atomic mass is 10.1. The van der Waals surface area contributed by atoms with Crippen molar-refractivity contribution in [3.05, 3.63) is 42.0 Å². The summed E-state index contributed by atoms with van der Waals surface area (Å²) in [6.45, 7) is 1.53. The number of carbonyl (C=O) groups is 2. The maximum absolute atomic E-state index is 10.9. The molecule has 0 unspecified atom stereocenters. The van der Waals surface area contributed by atoms with E-state index in [-0.39, 0.29) is 6.42 Å². The second kappa shape index (κ2) is 8.18. The van der Waals surface area contributed by atoms with Gasteiger partial charge in [0.05, 0.1) is 24.7 Å². The summed E-state index contributed by atoms with van der Waals surface area (Å²) in [6, 6.07) is 5.68. The van der Waals surface area contributed by atoms with Gasteiger partial charge in [0.25, 0.3) is 0 Å². The molecule has 114 valence electrons. The molecule has 0 aromatic heterocycles. The van der Waals surface area contributed by atoms with Crippen LogP contribution in [0.4, 0.5) is 5.69 Å². The van der Waals surface area contributed by atoms with Gasteiger partial charge in [-0.1, -0.05) is 12.2 Å². The van der Waals surface area contributed by atoms with E-state index >= 15 is 0 Å². The molecule has 0 fully saturated rings. The Bertz CT molecular complexity index is 495. The van der Waals surface area contributed by atoms with Crippen molar-refractivity contribution >= 4 is 17.9 Å². The molecule has 0 radical (unpaired) electrons. The van der Waals surface area contributed by atoms with Crippen LogP contribution in [0.5, 0.6) is 0 Å². The summed E-state index contributed by atoms with van der Waals surface area (Å²) in [5.74, 6) is -1.05. The number of carboxylic acids is 1. The first-order valence-corrected chi connectivity index (χ1v) is 6.50. The lowest BCUT2D eigenvalue weighted by Crippen LogP contribution is -2.34. The molecule has 0 aliphatic rings. The smallest absolute Gasteiger partial charge is 0.305 e. The normalized spacial score (nSPS) is 15.4. The number of nitrogens with one attached hydrogen (secondary N) is 1. The van der Waals surface area contributed by atoms with Crippen LogP contribution in [0.1, 0.15) is 23.7 Å². The first kappa shape index (κ1) is 16.9. The Labute approximate surface area is 122 Å². The molecule has 6 nitrogen and oxygen atoms in total. The van der Waals surface area contributed by atoms with Crippen molar-refractivity contribution in [1.82, 2.24) is 0 Å². The molecular weight excluding hydrogens is 274 g/mol. The predicted octanol–water partition coefficient (Wildman–Crippen LogP) is 1.05. The van der Waals surface area contributed by atoms with Gasteiger partial charge in [-0.3, -0.25) is 9.59 Å². The quantitative estimate of drug-likeness (QED) is 0.421. The SMILES string of the molecule is C[C@H](O)/C=C/[C@H](O)[C@H](CC(=O)O)Nc1ccc(C=O)cc1. The Hall–Kier alpha value is -2.18. The molecule has 0 heterocycles. The minimum absolute atomic E-state index is 0.291. The summed E-state index contributed by atoms with van der Waals surface area (Å²) in [7, 11) is 0. The standard InChI is InChI=1S/C15H19NO5/c1-10(18)2-7-14(19)13(8-15(20)21)16-12-5-3-11(9-17)4-6-12/h2-7,9-10,13-14,16,18-19H,8H2,1H3,(H,20,21)/b7-2+/t10-,13-,14-/m0/s1. The molecule has 0 bridgehead atoms. The van der Waals surface area contributed by atoms with Crippen LogP contribution in [0, 0.1) is 0 Å². The van der Waals surface area contributed by atoms with Crippen LogP contribution in [0.3, 0.4) is 0 Å². The molecular formula is C15H19NO5. The van der Waals surface area contributed by atoms with Crippen molar-refractivity contribution in [2.45, 2.75) is 31.6 Å². The van der Waals surface area contributed by atoms with Crippen molar-refractivity contribution < 1.29 is 24.9 Å². The van der Waals surface area contributed by atoms with Gasteiger partial charge in [-0.25, -0.2) is 0 Å². The molecule has 0 saturated heterocycles. The van der Waals surface area contributed by atoms with E-state index in [0.717, 1.165) is 0 Å². The van der Waals surface area contributed by atoms with Gasteiger partial charge in [0, 0.05) is 11.3 Å². The van der Waals surface area contributed by atoms with Gasteiger partial charge in [-0.05, 0) is 31.2 Å². The van der Waals surface area contributed by atoms with Crippen molar-refractivity contribution in [2.75, 3.05) is 5.32 Å². The van der Waals surface area contributed by atoms with Gasteiger partial charge < -0.3 is 20.6 Å². The van der Waals surface area contributed by atoms with E-state index < -0.39 is 24.2 Å². The Kier molecular flexibility index (Phi) is 6.58. The summed E-state index contributed by atoms with van der Waals surface area (Å²) < 4.78 is 0. The average molecular weight is 293 g/mol. The number of carbonyl (C=O) groups excluding carboxylic acids is 1. The third-order valence-corrected chi connectivity index (χ3v) is 2.79. The second-order valence-corrected chi connectivity index (χ2v) is 4.70. The molecule has 6 heteroatoms. The Balaban J connectivity index is 2.80. The molecule has 0 aliphatic heterocycles. The number of aliphatic hydroxyl groups excluding tert-OH is 2. The lowest BCUT2D eigenvalue weighted by Gasteiger charge is -2.22. The van der Waals surface area contributed by atoms with Crippen molar-refractivity contribution in [2.24, 2.45) is 0 Å². The molecule has 0 aliphatic carbocycles. The van der Waals surface area contributed by atoms with Gasteiger partial charge in [0.2, 0.25) is 0 Å². The Morgan fingerprint density at radius 3 is 2.33 bits per heavy atom. The average Bonchev–Trinajstić information content (AvgIpc) is 2.44. The third kappa shape index (κ3) is 6.20. The summed E-state index contributed by atoms with van der Waals surface area (Å²) in [5, 5.41) is 30.9. The molecule has 1 aromatic rings. The zero-order chi connectivity index (χ0) is 15.8. The topological polar surface area (TPSA) is 107 Å². The van der Waals surface area contributed by atoms with Crippen LogP contribution in [0.2, 0.25) is 0 Å². The maximum Gasteiger partial charge on any atom is 0.305 e. The highest BCUT2D eigenvalue weighted by Crippen LogP contribution is 2.14. The number of aliphatic carboxylic acids is 1. The van der Waals surface area contributed by atoms with Crippen molar-refractivity contribution in [1.29, 1.82) is 0 Å². The maximum atomic E-state index is 10.9. The molecule has 3 atom stereocenters. The first-order chi connectivity index (χ1) is 9.92. The lowest BCUT2D eigenvalue weighted by molar-refractivity contribution is -0.137. The summed E-state index contributed by atoms with van der Waals surface area (Å²) in [5.41, 5.74) is 1.10.